The number of hydrogen-bond donors (Lipinski definition) is 2. The summed E-state index contributed by atoms with van der Waals surface area (Å²) in [5.41, 5.74) is -0.692. The maximum absolute atomic E-state index is 12.5. The molecule has 0 spiro atoms. The van der Waals surface area contributed by atoms with Gasteiger partial charge in [-0.15, -0.1) is 0 Å². The largest absolute Gasteiger partial charge is 0.416 e. The molecular formula is C15H16F3N3O3. The molecule has 0 unspecified atom stereocenters. The lowest BCUT2D eigenvalue weighted by molar-refractivity contribution is -0.137. The second-order valence-electron chi connectivity index (χ2n) is 5.34. The van der Waals surface area contributed by atoms with Crippen LogP contribution in [0, 0.1) is 0 Å². The Labute approximate surface area is 136 Å². The summed E-state index contributed by atoms with van der Waals surface area (Å²) in [6.45, 7) is 1.37. The van der Waals surface area contributed by atoms with Crippen LogP contribution in [0.1, 0.15) is 25.3 Å². The average molecular weight is 343 g/mol. The smallest absolute Gasteiger partial charge is 0.326 e. The van der Waals surface area contributed by atoms with Crippen LogP contribution in [0.4, 0.5) is 23.7 Å². The van der Waals surface area contributed by atoms with Crippen LogP contribution < -0.4 is 10.6 Å². The van der Waals surface area contributed by atoms with Crippen LogP contribution in [-0.2, 0) is 15.8 Å². The predicted octanol–water partition coefficient (Wildman–Crippen LogP) is 2.36. The molecule has 9 heteroatoms. The summed E-state index contributed by atoms with van der Waals surface area (Å²) in [6.07, 6.45) is -3.29. The number of alkyl halides is 3. The highest BCUT2D eigenvalue weighted by Gasteiger charge is 2.38. The Morgan fingerprint density at radius 1 is 1.25 bits per heavy atom. The molecule has 1 saturated heterocycles. The molecule has 4 amide bonds. The lowest BCUT2D eigenvalue weighted by Gasteiger charge is -2.13. The van der Waals surface area contributed by atoms with Gasteiger partial charge in [-0.25, -0.2) is 4.79 Å². The minimum Gasteiger partial charge on any atom is -0.326 e. The third kappa shape index (κ3) is 4.03. The normalized spacial score (nSPS) is 17.8. The van der Waals surface area contributed by atoms with E-state index >= 15 is 0 Å². The second-order valence-corrected chi connectivity index (χ2v) is 5.34. The highest BCUT2D eigenvalue weighted by molar-refractivity contribution is 6.07. The van der Waals surface area contributed by atoms with Gasteiger partial charge in [0.05, 0.1) is 5.56 Å². The zero-order chi connectivity index (χ0) is 17.9. The Bertz CT molecular complexity index is 644. The van der Waals surface area contributed by atoms with Gasteiger partial charge in [-0.2, -0.15) is 13.2 Å². The van der Waals surface area contributed by atoms with Crippen LogP contribution in [0.5, 0.6) is 0 Å². The molecule has 6 nitrogen and oxygen atoms in total. The molecule has 24 heavy (non-hydrogen) atoms. The van der Waals surface area contributed by atoms with Crippen molar-refractivity contribution in [1.29, 1.82) is 0 Å². The zero-order valence-corrected chi connectivity index (χ0v) is 12.8. The van der Waals surface area contributed by atoms with E-state index in [4.69, 9.17) is 0 Å². The number of anilines is 1. The summed E-state index contributed by atoms with van der Waals surface area (Å²) in [4.78, 5) is 36.4. The lowest BCUT2D eigenvalue weighted by atomic mass is 10.2. The molecule has 0 bridgehead atoms. The number of carbonyl (C=O) groups excluding carboxylic acids is 3. The van der Waals surface area contributed by atoms with Crippen molar-refractivity contribution in [2.45, 2.75) is 32.0 Å². The Morgan fingerprint density at radius 3 is 2.42 bits per heavy atom. The minimum atomic E-state index is -4.46. The van der Waals surface area contributed by atoms with Crippen molar-refractivity contribution in [3.8, 4) is 0 Å². The van der Waals surface area contributed by atoms with Gasteiger partial charge in [0.2, 0.25) is 5.91 Å². The highest BCUT2D eigenvalue weighted by Crippen LogP contribution is 2.29. The van der Waals surface area contributed by atoms with Gasteiger partial charge >= 0.3 is 12.2 Å². The highest BCUT2D eigenvalue weighted by atomic mass is 19.4. The first kappa shape index (κ1) is 17.8. The van der Waals surface area contributed by atoms with E-state index in [0.717, 1.165) is 29.2 Å². The lowest BCUT2D eigenvalue weighted by Crippen LogP contribution is -2.38. The first-order valence-electron chi connectivity index (χ1n) is 7.31. The Morgan fingerprint density at radius 2 is 1.88 bits per heavy atom. The van der Waals surface area contributed by atoms with Crippen molar-refractivity contribution in [2.24, 2.45) is 0 Å². The quantitative estimate of drug-likeness (QED) is 0.806. The summed E-state index contributed by atoms with van der Waals surface area (Å²) in [5, 5.41) is 4.84. The molecule has 1 atom stereocenters. The molecule has 0 saturated carbocycles. The van der Waals surface area contributed by atoms with Crippen LogP contribution in [0.3, 0.4) is 0 Å². The monoisotopic (exact) mass is 343 g/mol. The topological polar surface area (TPSA) is 78.5 Å². The molecule has 2 rings (SSSR count). The number of carbonyl (C=O) groups is 3. The van der Waals surface area contributed by atoms with Crippen LogP contribution in [0.15, 0.2) is 24.3 Å². The van der Waals surface area contributed by atoms with Crippen molar-refractivity contribution >= 4 is 23.5 Å². The van der Waals surface area contributed by atoms with E-state index in [9.17, 15) is 27.6 Å². The van der Waals surface area contributed by atoms with Gasteiger partial charge in [-0.1, -0.05) is 13.3 Å². The molecule has 1 aliphatic rings. The number of urea groups is 1. The first-order valence-corrected chi connectivity index (χ1v) is 7.31. The van der Waals surface area contributed by atoms with Gasteiger partial charge in [0, 0.05) is 5.69 Å². The first-order chi connectivity index (χ1) is 11.2. The van der Waals surface area contributed by atoms with Crippen LogP contribution in [-0.4, -0.2) is 35.3 Å². The van der Waals surface area contributed by atoms with Gasteiger partial charge in [0.25, 0.3) is 5.91 Å². The maximum atomic E-state index is 12.5. The molecule has 1 fully saturated rings. The zero-order valence-electron chi connectivity index (χ0n) is 12.8. The fourth-order valence-corrected chi connectivity index (χ4v) is 2.30. The van der Waals surface area contributed by atoms with Gasteiger partial charge in [0.1, 0.15) is 12.6 Å². The van der Waals surface area contributed by atoms with E-state index in [1.807, 2.05) is 6.92 Å². The number of nitrogens with zero attached hydrogens (tertiary/aromatic N) is 1. The fraction of sp³-hybridized carbons (Fsp3) is 0.400. The van der Waals surface area contributed by atoms with Crippen LogP contribution >= 0.6 is 0 Å². The number of rotatable bonds is 5. The summed E-state index contributed by atoms with van der Waals surface area (Å²) < 4.78 is 37.4. The molecule has 0 radical (unpaired) electrons. The van der Waals surface area contributed by atoms with Crippen molar-refractivity contribution in [1.82, 2.24) is 10.2 Å². The predicted molar refractivity (Wildman–Crippen MR) is 79.0 cm³/mol. The molecule has 1 aromatic carbocycles. The van der Waals surface area contributed by atoms with Crippen molar-refractivity contribution in [3.63, 3.8) is 0 Å². The SMILES string of the molecule is CCC[C@@H]1NC(=O)N(CC(=O)Nc2ccc(C(F)(F)F)cc2)C1=O. The van der Waals surface area contributed by atoms with E-state index in [2.05, 4.69) is 10.6 Å². The van der Waals surface area contributed by atoms with E-state index in [-0.39, 0.29) is 5.69 Å². The van der Waals surface area contributed by atoms with Crippen molar-refractivity contribution in [2.75, 3.05) is 11.9 Å². The van der Waals surface area contributed by atoms with E-state index in [1.165, 1.54) is 0 Å². The van der Waals surface area contributed by atoms with Gasteiger partial charge < -0.3 is 10.6 Å². The summed E-state index contributed by atoms with van der Waals surface area (Å²) >= 11 is 0. The average Bonchev–Trinajstić information content (AvgIpc) is 2.75. The molecule has 130 valence electrons. The molecule has 1 aromatic rings. The summed E-state index contributed by atoms with van der Waals surface area (Å²) in [7, 11) is 0. The van der Waals surface area contributed by atoms with Gasteiger partial charge in [0.15, 0.2) is 0 Å². The molecule has 1 heterocycles. The Kier molecular flexibility index (Phi) is 5.10. The van der Waals surface area contributed by atoms with Crippen LogP contribution in [0.2, 0.25) is 0 Å². The number of imide groups is 1. The fourth-order valence-electron chi connectivity index (χ4n) is 2.30. The molecule has 0 aliphatic carbocycles. The van der Waals surface area contributed by atoms with E-state index in [1.54, 1.807) is 0 Å². The number of amides is 4. The number of hydrogen-bond acceptors (Lipinski definition) is 3. The second kappa shape index (κ2) is 6.90. The molecule has 1 aliphatic heterocycles. The number of halogens is 3. The van der Waals surface area contributed by atoms with E-state index in [0.29, 0.717) is 12.8 Å². The molecular weight excluding hydrogens is 327 g/mol. The summed E-state index contributed by atoms with van der Waals surface area (Å²) in [5.74, 6) is -1.15. The van der Waals surface area contributed by atoms with Crippen molar-refractivity contribution < 1.29 is 27.6 Å². The summed E-state index contributed by atoms with van der Waals surface area (Å²) in [6, 6.07) is 2.59. The molecule has 0 aromatic heterocycles. The molecule has 2 N–H and O–H groups in total. The van der Waals surface area contributed by atoms with Gasteiger partial charge in [-0.05, 0) is 30.7 Å². The van der Waals surface area contributed by atoms with Crippen LogP contribution in [0.25, 0.3) is 0 Å². The van der Waals surface area contributed by atoms with E-state index < -0.39 is 42.2 Å². The maximum Gasteiger partial charge on any atom is 0.416 e. The minimum absolute atomic E-state index is 0.144. The Hall–Kier alpha value is -2.58. The number of nitrogens with one attached hydrogen (secondary N) is 2. The third-order valence-electron chi connectivity index (χ3n) is 3.48. The van der Waals surface area contributed by atoms with Crippen molar-refractivity contribution in [3.05, 3.63) is 29.8 Å². The Balaban J connectivity index is 1.96. The number of benzene rings is 1. The standard InChI is InChI=1S/C15H16F3N3O3/c1-2-3-11-13(23)21(14(24)20-11)8-12(22)19-10-6-4-9(5-7-10)15(16,17)18/h4-7,11H,2-3,8H2,1H3,(H,19,22)(H,20,24)/t11-/m0/s1. The third-order valence-corrected chi connectivity index (χ3v) is 3.48. The van der Waals surface area contributed by atoms with Gasteiger partial charge in [-0.3, -0.25) is 14.5 Å².